The number of fused-ring (bicyclic) bond motifs is 1. The highest BCUT2D eigenvalue weighted by atomic mass is 16.2. The van der Waals surface area contributed by atoms with Gasteiger partial charge in [-0.3, -0.25) is 14.5 Å². The van der Waals surface area contributed by atoms with Gasteiger partial charge in [0, 0.05) is 31.1 Å². The van der Waals surface area contributed by atoms with Crippen molar-refractivity contribution in [3.8, 4) is 11.3 Å². The van der Waals surface area contributed by atoms with E-state index in [-0.39, 0.29) is 5.91 Å². The van der Waals surface area contributed by atoms with Crippen LogP contribution in [-0.2, 0) is 11.8 Å². The van der Waals surface area contributed by atoms with E-state index in [1.54, 1.807) is 23.2 Å². The summed E-state index contributed by atoms with van der Waals surface area (Å²) in [5.41, 5.74) is 3.32. The molecule has 6 heteroatoms. The summed E-state index contributed by atoms with van der Waals surface area (Å²) < 4.78 is 1.70. The number of aryl methyl sites for hydroxylation is 1. The number of amides is 1. The Morgan fingerprint density at radius 1 is 1.21 bits per heavy atom. The summed E-state index contributed by atoms with van der Waals surface area (Å²) in [6.45, 7) is 0. The molecular formula is C18H15N5O. The van der Waals surface area contributed by atoms with E-state index in [0.717, 1.165) is 16.9 Å². The first kappa shape index (κ1) is 14.3. The molecule has 6 nitrogen and oxygen atoms in total. The maximum atomic E-state index is 12.1. The van der Waals surface area contributed by atoms with Gasteiger partial charge in [-0.2, -0.15) is 5.10 Å². The van der Waals surface area contributed by atoms with Crippen LogP contribution in [0.15, 0.2) is 59.7 Å². The molecule has 0 aliphatic carbocycles. The normalized spacial score (nSPS) is 16.4. The van der Waals surface area contributed by atoms with E-state index in [1.165, 1.54) is 0 Å². The fourth-order valence-corrected chi connectivity index (χ4v) is 2.72. The van der Waals surface area contributed by atoms with E-state index in [2.05, 4.69) is 20.4 Å². The number of benzene rings is 1. The Kier molecular flexibility index (Phi) is 3.42. The summed E-state index contributed by atoms with van der Waals surface area (Å²) in [7, 11) is 1.83. The zero-order chi connectivity index (χ0) is 16.5. The van der Waals surface area contributed by atoms with E-state index < -0.39 is 5.92 Å². The predicted octanol–water partition coefficient (Wildman–Crippen LogP) is 2.92. The largest absolute Gasteiger partial charge is 0.324 e. The first-order valence-corrected chi connectivity index (χ1v) is 7.62. The molecule has 0 fully saturated rings. The van der Waals surface area contributed by atoms with Crippen LogP contribution in [-0.4, -0.2) is 26.9 Å². The van der Waals surface area contributed by atoms with Gasteiger partial charge >= 0.3 is 0 Å². The van der Waals surface area contributed by atoms with Crippen LogP contribution in [0.2, 0.25) is 0 Å². The van der Waals surface area contributed by atoms with Crippen LogP contribution in [0.5, 0.6) is 0 Å². The van der Waals surface area contributed by atoms with E-state index in [1.807, 2.05) is 49.5 Å². The highest BCUT2D eigenvalue weighted by molar-refractivity contribution is 6.12. The van der Waals surface area contributed by atoms with Crippen LogP contribution in [0.1, 0.15) is 11.6 Å². The van der Waals surface area contributed by atoms with Crippen molar-refractivity contribution in [2.45, 2.75) is 5.92 Å². The lowest BCUT2D eigenvalue weighted by Crippen LogP contribution is -2.13. The Morgan fingerprint density at radius 2 is 2.04 bits per heavy atom. The minimum Gasteiger partial charge on any atom is -0.324 e. The third-order valence-electron chi connectivity index (χ3n) is 3.95. The summed E-state index contributed by atoms with van der Waals surface area (Å²) in [6, 6.07) is 15.4. The van der Waals surface area contributed by atoms with Crippen LogP contribution in [0.25, 0.3) is 11.3 Å². The van der Waals surface area contributed by atoms with Gasteiger partial charge in [0.05, 0.1) is 17.1 Å². The van der Waals surface area contributed by atoms with Crippen LogP contribution in [0.4, 0.5) is 11.5 Å². The maximum Gasteiger partial charge on any atom is 0.239 e. The summed E-state index contributed by atoms with van der Waals surface area (Å²) in [5, 5.41) is 7.29. The highest BCUT2D eigenvalue weighted by Crippen LogP contribution is 2.30. The van der Waals surface area contributed by atoms with E-state index in [9.17, 15) is 4.79 Å². The van der Waals surface area contributed by atoms with E-state index in [0.29, 0.717) is 11.5 Å². The van der Waals surface area contributed by atoms with Crippen LogP contribution >= 0.6 is 0 Å². The van der Waals surface area contributed by atoms with Gasteiger partial charge in [0.25, 0.3) is 0 Å². The Labute approximate surface area is 138 Å². The molecule has 0 radical (unpaired) electrons. The summed E-state index contributed by atoms with van der Waals surface area (Å²) in [4.78, 5) is 20.8. The summed E-state index contributed by atoms with van der Waals surface area (Å²) >= 11 is 0. The number of nitrogens with one attached hydrogen (secondary N) is 1. The average Bonchev–Trinajstić information content (AvgIpc) is 3.13. The number of aliphatic imine (C=N–C) groups is 1. The van der Waals surface area contributed by atoms with Crippen LogP contribution < -0.4 is 5.32 Å². The first-order chi connectivity index (χ1) is 11.7. The number of aromatic nitrogens is 3. The van der Waals surface area contributed by atoms with E-state index >= 15 is 0 Å². The lowest BCUT2D eigenvalue weighted by molar-refractivity contribution is -0.115. The number of carbonyl (C=O) groups excluding carboxylic acids is 1. The molecule has 1 amide bonds. The molecule has 1 N–H and O–H groups in total. The first-order valence-electron chi connectivity index (χ1n) is 7.62. The molecule has 2 aromatic heterocycles. The quantitative estimate of drug-likeness (QED) is 0.755. The summed E-state index contributed by atoms with van der Waals surface area (Å²) in [5.74, 6) is 0.0974. The fraction of sp³-hybridized carbons (Fsp3) is 0.111. The Bertz CT molecular complexity index is 930. The third-order valence-corrected chi connectivity index (χ3v) is 3.95. The Balaban J connectivity index is 1.63. The van der Waals surface area contributed by atoms with Crippen molar-refractivity contribution in [2.75, 3.05) is 5.32 Å². The molecule has 118 valence electrons. The Hall–Kier alpha value is -3.28. The molecule has 0 saturated carbocycles. The van der Waals surface area contributed by atoms with Gasteiger partial charge in [-0.25, -0.2) is 4.99 Å². The molecule has 1 aliphatic heterocycles. The molecule has 1 aliphatic rings. The lowest BCUT2D eigenvalue weighted by Gasteiger charge is -2.00. The monoisotopic (exact) mass is 317 g/mol. The molecule has 24 heavy (non-hydrogen) atoms. The minimum atomic E-state index is -0.476. The fourth-order valence-electron chi connectivity index (χ4n) is 2.72. The predicted molar refractivity (Wildman–Crippen MR) is 92.4 cm³/mol. The van der Waals surface area contributed by atoms with Crippen molar-refractivity contribution < 1.29 is 4.79 Å². The summed E-state index contributed by atoms with van der Waals surface area (Å²) in [6.07, 6.45) is 3.30. The van der Waals surface area contributed by atoms with Crippen LogP contribution in [0, 0.1) is 0 Å². The molecule has 4 rings (SSSR count). The van der Waals surface area contributed by atoms with Gasteiger partial charge < -0.3 is 5.32 Å². The standard InChI is InChI=1S/C18H15N5O/c1-23-16(10-15(22-23)12-6-3-2-4-7-12)20-11-13-17-14(21-18(13)24)8-5-9-19-17/h2-11,13H,1H3,(H,21,24). The van der Waals surface area contributed by atoms with Crippen molar-refractivity contribution in [1.29, 1.82) is 0 Å². The lowest BCUT2D eigenvalue weighted by atomic mass is 10.1. The molecule has 3 heterocycles. The minimum absolute atomic E-state index is 0.113. The van der Waals surface area contributed by atoms with Crippen molar-refractivity contribution in [3.05, 3.63) is 60.4 Å². The molecule has 1 unspecified atom stereocenters. The van der Waals surface area contributed by atoms with Crippen molar-refractivity contribution >= 4 is 23.6 Å². The second kappa shape index (κ2) is 5.73. The number of nitrogens with zero attached hydrogens (tertiary/aromatic N) is 4. The van der Waals surface area contributed by atoms with Gasteiger partial charge in [-0.1, -0.05) is 30.3 Å². The van der Waals surface area contributed by atoms with Gasteiger partial charge in [-0.05, 0) is 12.1 Å². The van der Waals surface area contributed by atoms with Gasteiger partial charge in [0.1, 0.15) is 11.7 Å². The topological polar surface area (TPSA) is 72.2 Å². The molecular weight excluding hydrogens is 302 g/mol. The van der Waals surface area contributed by atoms with Crippen LogP contribution in [0.3, 0.4) is 0 Å². The second-order valence-corrected chi connectivity index (χ2v) is 5.56. The van der Waals surface area contributed by atoms with Crippen molar-refractivity contribution in [2.24, 2.45) is 12.0 Å². The molecule has 3 aromatic rings. The molecule has 1 atom stereocenters. The average molecular weight is 317 g/mol. The zero-order valence-electron chi connectivity index (χ0n) is 13.0. The second-order valence-electron chi connectivity index (χ2n) is 5.56. The van der Waals surface area contributed by atoms with Crippen molar-refractivity contribution in [3.63, 3.8) is 0 Å². The Morgan fingerprint density at radius 3 is 2.88 bits per heavy atom. The molecule has 0 bridgehead atoms. The zero-order valence-corrected chi connectivity index (χ0v) is 13.0. The molecule has 1 aromatic carbocycles. The number of hydrogen-bond donors (Lipinski definition) is 1. The molecule has 0 saturated heterocycles. The SMILES string of the molecule is Cn1nc(-c2ccccc2)cc1N=CC1C(=O)Nc2cccnc21. The smallest absolute Gasteiger partial charge is 0.239 e. The molecule has 0 spiro atoms. The van der Waals surface area contributed by atoms with Gasteiger partial charge in [-0.15, -0.1) is 0 Å². The maximum absolute atomic E-state index is 12.1. The number of anilines is 1. The highest BCUT2D eigenvalue weighted by Gasteiger charge is 2.30. The number of rotatable bonds is 3. The van der Waals surface area contributed by atoms with E-state index in [4.69, 9.17) is 0 Å². The number of pyridine rings is 1. The third kappa shape index (κ3) is 2.48. The number of hydrogen-bond acceptors (Lipinski definition) is 4. The number of carbonyl (C=O) groups is 1. The van der Waals surface area contributed by atoms with Gasteiger partial charge in [0.15, 0.2) is 0 Å². The van der Waals surface area contributed by atoms with Crippen molar-refractivity contribution in [1.82, 2.24) is 14.8 Å². The van der Waals surface area contributed by atoms with Gasteiger partial charge in [0.2, 0.25) is 5.91 Å².